The Bertz CT molecular complexity index is 421. The second kappa shape index (κ2) is 7.12. The monoisotopic (exact) mass is 332 g/mol. The number of halogens is 2. The SMILES string of the molecule is Cc1ccc(Br)cc1C(=O)NCCNC1CC1.Cl. The molecular formula is C13H18BrClN2O. The molecule has 3 nitrogen and oxygen atoms in total. The first-order chi connectivity index (χ1) is 8.16. The number of carbonyl (C=O) groups is 1. The fourth-order valence-electron chi connectivity index (χ4n) is 1.67. The summed E-state index contributed by atoms with van der Waals surface area (Å²) in [7, 11) is 0. The molecule has 0 unspecified atom stereocenters. The molecule has 1 aromatic rings. The molecule has 100 valence electrons. The maximum Gasteiger partial charge on any atom is 0.251 e. The van der Waals surface area contributed by atoms with E-state index in [4.69, 9.17) is 0 Å². The van der Waals surface area contributed by atoms with Gasteiger partial charge in [0, 0.05) is 29.2 Å². The molecule has 0 aliphatic heterocycles. The Labute approximate surface area is 122 Å². The lowest BCUT2D eigenvalue weighted by Crippen LogP contribution is -2.32. The molecule has 18 heavy (non-hydrogen) atoms. The summed E-state index contributed by atoms with van der Waals surface area (Å²) in [4.78, 5) is 11.9. The van der Waals surface area contributed by atoms with Crippen molar-refractivity contribution in [1.82, 2.24) is 10.6 Å². The molecule has 0 spiro atoms. The van der Waals surface area contributed by atoms with Crippen molar-refractivity contribution in [1.29, 1.82) is 0 Å². The lowest BCUT2D eigenvalue weighted by molar-refractivity contribution is 0.0953. The van der Waals surface area contributed by atoms with Crippen LogP contribution in [0, 0.1) is 6.92 Å². The Morgan fingerprint density at radius 3 is 2.78 bits per heavy atom. The molecule has 1 amide bonds. The third-order valence-electron chi connectivity index (χ3n) is 2.87. The first-order valence-electron chi connectivity index (χ1n) is 5.94. The number of hydrogen-bond acceptors (Lipinski definition) is 2. The van der Waals surface area contributed by atoms with E-state index in [1.54, 1.807) is 0 Å². The van der Waals surface area contributed by atoms with Crippen molar-refractivity contribution >= 4 is 34.2 Å². The topological polar surface area (TPSA) is 41.1 Å². The molecule has 1 fully saturated rings. The lowest BCUT2D eigenvalue weighted by Gasteiger charge is -2.08. The normalized spacial score (nSPS) is 13.9. The zero-order chi connectivity index (χ0) is 12.3. The van der Waals surface area contributed by atoms with Crippen molar-refractivity contribution in [3.05, 3.63) is 33.8 Å². The van der Waals surface area contributed by atoms with E-state index < -0.39 is 0 Å². The van der Waals surface area contributed by atoms with Crippen LogP contribution in [0.3, 0.4) is 0 Å². The number of amides is 1. The Hall–Kier alpha value is -0.580. The summed E-state index contributed by atoms with van der Waals surface area (Å²) >= 11 is 3.38. The smallest absolute Gasteiger partial charge is 0.251 e. The van der Waals surface area contributed by atoms with Crippen molar-refractivity contribution < 1.29 is 4.79 Å². The highest BCUT2D eigenvalue weighted by atomic mass is 79.9. The standard InChI is InChI=1S/C13H17BrN2O.ClH/c1-9-2-3-10(14)8-12(9)13(17)16-7-6-15-11-4-5-11;/h2-3,8,11,15H,4-7H2,1H3,(H,16,17);1H. The fourth-order valence-corrected chi connectivity index (χ4v) is 2.03. The van der Waals surface area contributed by atoms with E-state index in [0.29, 0.717) is 12.6 Å². The molecule has 0 atom stereocenters. The highest BCUT2D eigenvalue weighted by molar-refractivity contribution is 9.10. The van der Waals surface area contributed by atoms with E-state index in [9.17, 15) is 4.79 Å². The van der Waals surface area contributed by atoms with Gasteiger partial charge in [0.05, 0.1) is 0 Å². The van der Waals surface area contributed by atoms with Gasteiger partial charge in [0.25, 0.3) is 5.91 Å². The molecule has 5 heteroatoms. The molecule has 0 saturated heterocycles. The minimum absolute atomic E-state index is 0. The lowest BCUT2D eigenvalue weighted by atomic mass is 10.1. The average molecular weight is 334 g/mol. The number of nitrogens with one attached hydrogen (secondary N) is 2. The molecule has 1 aliphatic carbocycles. The van der Waals surface area contributed by atoms with Gasteiger partial charge in [0.15, 0.2) is 0 Å². The number of hydrogen-bond donors (Lipinski definition) is 2. The highest BCUT2D eigenvalue weighted by Gasteiger charge is 2.19. The van der Waals surface area contributed by atoms with Crippen LogP contribution in [0.15, 0.2) is 22.7 Å². The van der Waals surface area contributed by atoms with Crippen LogP contribution in [-0.2, 0) is 0 Å². The van der Waals surface area contributed by atoms with Gasteiger partial charge in [-0.3, -0.25) is 4.79 Å². The van der Waals surface area contributed by atoms with Crippen molar-refractivity contribution in [3.63, 3.8) is 0 Å². The van der Waals surface area contributed by atoms with E-state index in [1.165, 1.54) is 12.8 Å². The third kappa shape index (κ3) is 4.59. The van der Waals surface area contributed by atoms with Gasteiger partial charge in [-0.2, -0.15) is 0 Å². The largest absolute Gasteiger partial charge is 0.351 e. The molecule has 2 rings (SSSR count). The predicted molar refractivity (Wildman–Crippen MR) is 79.5 cm³/mol. The van der Waals surface area contributed by atoms with Gasteiger partial charge in [-0.1, -0.05) is 22.0 Å². The minimum Gasteiger partial charge on any atom is -0.351 e. The quantitative estimate of drug-likeness (QED) is 0.813. The first kappa shape index (κ1) is 15.5. The van der Waals surface area contributed by atoms with Crippen LogP contribution in [0.5, 0.6) is 0 Å². The maximum absolute atomic E-state index is 11.9. The van der Waals surface area contributed by atoms with E-state index in [-0.39, 0.29) is 18.3 Å². The van der Waals surface area contributed by atoms with Crippen molar-refractivity contribution in [2.75, 3.05) is 13.1 Å². The Morgan fingerprint density at radius 1 is 1.39 bits per heavy atom. The summed E-state index contributed by atoms with van der Waals surface area (Å²) in [6.07, 6.45) is 2.55. The first-order valence-corrected chi connectivity index (χ1v) is 6.74. The molecule has 1 aliphatic rings. The van der Waals surface area contributed by atoms with Crippen molar-refractivity contribution in [3.8, 4) is 0 Å². The average Bonchev–Trinajstić information content (AvgIpc) is 3.11. The number of carbonyl (C=O) groups excluding carboxylic acids is 1. The molecule has 1 saturated carbocycles. The van der Waals surface area contributed by atoms with Crippen LogP contribution in [0.1, 0.15) is 28.8 Å². The predicted octanol–water partition coefficient (Wildman–Crippen LogP) is 2.66. The van der Waals surface area contributed by atoms with E-state index in [1.807, 2.05) is 25.1 Å². The molecule has 2 N–H and O–H groups in total. The van der Waals surface area contributed by atoms with Gasteiger partial charge in [-0.25, -0.2) is 0 Å². The maximum atomic E-state index is 11.9. The van der Waals surface area contributed by atoms with E-state index >= 15 is 0 Å². The van der Waals surface area contributed by atoms with Crippen molar-refractivity contribution in [2.45, 2.75) is 25.8 Å². The molecular weight excluding hydrogens is 316 g/mol. The van der Waals surface area contributed by atoms with Crippen LogP contribution < -0.4 is 10.6 Å². The third-order valence-corrected chi connectivity index (χ3v) is 3.36. The van der Waals surface area contributed by atoms with Crippen LogP contribution in [0.25, 0.3) is 0 Å². The fraction of sp³-hybridized carbons (Fsp3) is 0.462. The second-order valence-electron chi connectivity index (χ2n) is 4.44. The Balaban J connectivity index is 0.00000162. The molecule has 0 radical (unpaired) electrons. The highest BCUT2D eigenvalue weighted by Crippen LogP contribution is 2.18. The van der Waals surface area contributed by atoms with Crippen LogP contribution in [0.4, 0.5) is 0 Å². The molecule has 1 aromatic carbocycles. The van der Waals surface area contributed by atoms with Gasteiger partial charge < -0.3 is 10.6 Å². The van der Waals surface area contributed by atoms with Crippen LogP contribution in [0.2, 0.25) is 0 Å². The van der Waals surface area contributed by atoms with Gasteiger partial charge in [0.2, 0.25) is 0 Å². The van der Waals surface area contributed by atoms with Gasteiger partial charge in [-0.15, -0.1) is 12.4 Å². The second-order valence-corrected chi connectivity index (χ2v) is 5.36. The van der Waals surface area contributed by atoms with Gasteiger partial charge in [0.1, 0.15) is 0 Å². The Morgan fingerprint density at radius 2 is 2.11 bits per heavy atom. The van der Waals surface area contributed by atoms with E-state index in [0.717, 1.165) is 22.1 Å². The molecule has 0 aromatic heterocycles. The summed E-state index contributed by atoms with van der Waals surface area (Å²) in [5, 5.41) is 6.29. The summed E-state index contributed by atoms with van der Waals surface area (Å²) in [6.45, 7) is 3.48. The zero-order valence-corrected chi connectivity index (χ0v) is 12.7. The van der Waals surface area contributed by atoms with Crippen molar-refractivity contribution in [2.24, 2.45) is 0 Å². The molecule has 0 heterocycles. The van der Waals surface area contributed by atoms with Crippen LogP contribution >= 0.6 is 28.3 Å². The summed E-state index contributed by atoms with van der Waals surface area (Å²) in [5.74, 6) is 0.00129. The van der Waals surface area contributed by atoms with Crippen LogP contribution in [-0.4, -0.2) is 25.0 Å². The number of benzene rings is 1. The minimum atomic E-state index is 0. The van der Waals surface area contributed by atoms with E-state index in [2.05, 4.69) is 26.6 Å². The summed E-state index contributed by atoms with van der Waals surface area (Å²) < 4.78 is 0.935. The zero-order valence-electron chi connectivity index (χ0n) is 10.3. The Kier molecular flexibility index (Phi) is 6.12. The number of aryl methyl sites for hydroxylation is 1. The number of rotatable bonds is 5. The summed E-state index contributed by atoms with van der Waals surface area (Å²) in [6, 6.07) is 6.45. The van der Waals surface area contributed by atoms with Gasteiger partial charge >= 0.3 is 0 Å². The summed E-state index contributed by atoms with van der Waals surface area (Å²) in [5.41, 5.74) is 1.74. The molecule has 0 bridgehead atoms. The van der Waals surface area contributed by atoms with Gasteiger partial charge in [-0.05, 0) is 37.5 Å².